The smallest absolute Gasteiger partial charge is 0.252 e. The van der Waals surface area contributed by atoms with Gasteiger partial charge in [0.25, 0.3) is 5.91 Å². The fourth-order valence-electron chi connectivity index (χ4n) is 4.01. The number of thiophene rings is 1. The summed E-state index contributed by atoms with van der Waals surface area (Å²) in [5.74, 6) is 0.876. The molecule has 1 amide bonds. The lowest BCUT2D eigenvalue weighted by Crippen LogP contribution is -2.31. The lowest BCUT2D eigenvalue weighted by Gasteiger charge is -2.26. The van der Waals surface area contributed by atoms with Gasteiger partial charge in [-0.3, -0.25) is 4.79 Å². The predicted octanol–water partition coefficient (Wildman–Crippen LogP) is 4.68. The van der Waals surface area contributed by atoms with E-state index in [-0.39, 0.29) is 11.9 Å². The maximum Gasteiger partial charge on any atom is 0.252 e. The molecule has 0 radical (unpaired) electrons. The van der Waals surface area contributed by atoms with Gasteiger partial charge in [-0.05, 0) is 61.1 Å². The van der Waals surface area contributed by atoms with E-state index in [1.54, 1.807) is 11.3 Å². The number of carbonyl (C=O) groups is 1. The van der Waals surface area contributed by atoms with Crippen LogP contribution < -0.4 is 5.32 Å². The van der Waals surface area contributed by atoms with E-state index >= 15 is 0 Å². The average molecular weight is 325 g/mol. The number of amides is 1. The summed E-state index contributed by atoms with van der Waals surface area (Å²) >= 11 is 1.77. The second-order valence-corrected chi connectivity index (χ2v) is 7.98. The molecule has 0 aliphatic heterocycles. The number of aryl methyl sites for hydroxylation is 1. The van der Waals surface area contributed by atoms with Crippen molar-refractivity contribution in [2.75, 3.05) is 0 Å². The highest BCUT2D eigenvalue weighted by molar-refractivity contribution is 7.10. The van der Waals surface area contributed by atoms with Crippen molar-refractivity contribution in [1.82, 2.24) is 5.32 Å². The van der Waals surface area contributed by atoms with Crippen molar-refractivity contribution in [2.24, 2.45) is 5.92 Å². The molecule has 2 atom stereocenters. The van der Waals surface area contributed by atoms with Crippen molar-refractivity contribution in [3.05, 3.63) is 56.8 Å². The molecule has 0 unspecified atom stereocenters. The van der Waals surface area contributed by atoms with Crippen LogP contribution in [0.4, 0.5) is 0 Å². The van der Waals surface area contributed by atoms with E-state index in [1.807, 2.05) is 0 Å². The Morgan fingerprint density at radius 2 is 2.09 bits per heavy atom. The summed E-state index contributed by atoms with van der Waals surface area (Å²) in [6.45, 7) is 2.31. The molecule has 0 fully saturated rings. The zero-order valence-corrected chi connectivity index (χ0v) is 14.4. The number of benzene rings is 1. The predicted molar refractivity (Wildman–Crippen MR) is 95.1 cm³/mol. The molecule has 0 saturated carbocycles. The molecule has 2 aliphatic rings. The Bertz CT molecular complexity index is 733. The van der Waals surface area contributed by atoms with Gasteiger partial charge in [0.05, 0.1) is 11.6 Å². The van der Waals surface area contributed by atoms with Gasteiger partial charge in [-0.1, -0.05) is 31.2 Å². The second-order valence-electron chi connectivity index (χ2n) is 7.02. The minimum Gasteiger partial charge on any atom is -0.345 e. The van der Waals surface area contributed by atoms with Crippen molar-refractivity contribution < 1.29 is 4.79 Å². The molecule has 0 spiro atoms. The Hall–Kier alpha value is -1.61. The fraction of sp³-hybridized carbons (Fsp3) is 0.450. The van der Waals surface area contributed by atoms with Crippen LogP contribution >= 0.6 is 11.3 Å². The van der Waals surface area contributed by atoms with Crippen LogP contribution in [0, 0.1) is 5.92 Å². The number of nitrogens with one attached hydrogen (secondary N) is 1. The molecule has 0 saturated heterocycles. The van der Waals surface area contributed by atoms with Gasteiger partial charge in [0.2, 0.25) is 0 Å². The van der Waals surface area contributed by atoms with Crippen molar-refractivity contribution in [3.63, 3.8) is 0 Å². The topological polar surface area (TPSA) is 29.1 Å². The van der Waals surface area contributed by atoms with Crippen LogP contribution in [0.25, 0.3) is 0 Å². The van der Waals surface area contributed by atoms with Crippen LogP contribution in [0.5, 0.6) is 0 Å². The van der Waals surface area contributed by atoms with Gasteiger partial charge in [-0.15, -0.1) is 11.3 Å². The normalized spacial score (nSPS) is 23.0. The van der Waals surface area contributed by atoms with E-state index in [9.17, 15) is 4.79 Å². The van der Waals surface area contributed by atoms with Crippen molar-refractivity contribution in [2.45, 2.75) is 51.5 Å². The Morgan fingerprint density at radius 3 is 3.00 bits per heavy atom. The van der Waals surface area contributed by atoms with Crippen LogP contribution in [0.2, 0.25) is 0 Å². The SMILES string of the molecule is C[C@H]1CCc2c(C(=O)N[C@H]3CCCc4ccccc43)csc2C1. The third-order valence-electron chi connectivity index (χ3n) is 5.32. The quantitative estimate of drug-likeness (QED) is 0.853. The Kier molecular flexibility index (Phi) is 3.98. The first kappa shape index (κ1) is 14.9. The van der Waals surface area contributed by atoms with Crippen molar-refractivity contribution in [1.29, 1.82) is 0 Å². The summed E-state index contributed by atoms with van der Waals surface area (Å²) in [5, 5.41) is 5.38. The first-order valence-corrected chi connectivity index (χ1v) is 9.58. The highest BCUT2D eigenvalue weighted by atomic mass is 32.1. The molecule has 0 bridgehead atoms. The summed E-state index contributed by atoms with van der Waals surface area (Å²) in [5.41, 5.74) is 4.95. The average Bonchev–Trinajstić information content (AvgIpc) is 2.98. The minimum atomic E-state index is 0.124. The molecule has 2 aliphatic carbocycles. The zero-order valence-electron chi connectivity index (χ0n) is 13.6. The molecule has 23 heavy (non-hydrogen) atoms. The Balaban J connectivity index is 1.56. The zero-order chi connectivity index (χ0) is 15.8. The summed E-state index contributed by atoms with van der Waals surface area (Å²) in [6, 6.07) is 8.72. The van der Waals surface area contributed by atoms with Gasteiger partial charge in [-0.2, -0.15) is 0 Å². The van der Waals surface area contributed by atoms with E-state index < -0.39 is 0 Å². The maximum absolute atomic E-state index is 12.8. The van der Waals surface area contributed by atoms with Gasteiger partial charge >= 0.3 is 0 Å². The molecule has 1 aromatic heterocycles. The van der Waals surface area contributed by atoms with E-state index in [0.29, 0.717) is 0 Å². The molecule has 4 rings (SSSR count). The third kappa shape index (κ3) is 2.83. The van der Waals surface area contributed by atoms with Crippen LogP contribution in [0.15, 0.2) is 29.6 Å². The monoisotopic (exact) mass is 325 g/mol. The largest absolute Gasteiger partial charge is 0.345 e. The highest BCUT2D eigenvalue weighted by Gasteiger charge is 2.26. The molecule has 1 N–H and O–H groups in total. The van der Waals surface area contributed by atoms with Crippen LogP contribution in [0.1, 0.15) is 64.2 Å². The third-order valence-corrected chi connectivity index (χ3v) is 6.37. The van der Waals surface area contributed by atoms with E-state index in [0.717, 1.165) is 43.6 Å². The summed E-state index contributed by atoms with van der Waals surface area (Å²) in [6.07, 6.45) is 6.74. The standard InChI is InChI=1S/C20H23NOS/c1-13-9-10-16-17(12-23-19(16)11-13)20(22)21-18-8-4-6-14-5-2-3-7-15(14)18/h2-3,5,7,12-13,18H,4,6,8-11H2,1H3,(H,21,22)/t13-,18-/m0/s1. The van der Waals surface area contributed by atoms with E-state index in [4.69, 9.17) is 0 Å². The minimum absolute atomic E-state index is 0.124. The molecule has 1 aromatic carbocycles. The lowest BCUT2D eigenvalue weighted by atomic mass is 9.86. The Morgan fingerprint density at radius 1 is 1.22 bits per heavy atom. The van der Waals surface area contributed by atoms with Crippen LogP contribution in [-0.2, 0) is 19.3 Å². The summed E-state index contributed by atoms with van der Waals surface area (Å²) < 4.78 is 0. The van der Waals surface area contributed by atoms with Crippen LogP contribution in [0.3, 0.4) is 0 Å². The van der Waals surface area contributed by atoms with Crippen LogP contribution in [-0.4, -0.2) is 5.91 Å². The van der Waals surface area contributed by atoms with Gasteiger partial charge in [0, 0.05) is 10.3 Å². The lowest BCUT2D eigenvalue weighted by molar-refractivity contribution is 0.0932. The maximum atomic E-state index is 12.8. The van der Waals surface area contributed by atoms with E-state index in [1.165, 1.54) is 28.0 Å². The summed E-state index contributed by atoms with van der Waals surface area (Å²) in [4.78, 5) is 14.3. The first-order valence-electron chi connectivity index (χ1n) is 8.70. The van der Waals surface area contributed by atoms with Gasteiger partial charge in [0.1, 0.15) is 0 Å². The van der Waals surface area contributed by atoms with E-state index in [2.05, 4.69) is 41.9 Å². The molecule has 120 valence electrons. The molecule has 1 heterocycles. The van der Waals surface area contributed by atoms with Gasteiger partial charge in [-0.25, -0.2) is 0 Å². The second kappa shape index (κ2) is 6.12. The molecular weight excluding hydrogens is 302 g/mol. The summed E-state index contributed by atoms with van der Waals surface area (Å²) in [7, 11) is 0. The number of hydrogen-bond donors (Lipinski definition) is 1. The number of fused-ring (bicyclic) bond motifs is 2. The molecule has 2 aromatic rings. The molecule has 3 heteroatoms. The molecule has 2 nitrogen and oxygen atoms in total. The number of hydrogen-bond acceptors (Lipinski definition) is 2. The fourth-order valence-corrected chi connectivity index (χ4v) is 5.25. The van der Waals surface area contributed by atoms with Gasteiger partial charge in [0.15, 0.2) is 0 Å². The number of carbonyl (C=O) groups excluding carboxylic acids is 1. The molecular formula is C20H23NOS. The number of rotatable bonds is 2. The first-order chi connectivity index (χ1) is 11.2. The highest BCUT2D eigenvalue weighted by Crippen LogP contribution is 2.34. The van der Waals surface area contributed by atoms with Gasteiger partial charge < -0.3 is 5.32 Å². The Labute approximate surface area is 141 Å². The van der Waals surface area contributed by atoms with Crippen molar-refractivity contribution in [3.8, 4) is 0 Å². The van der Waals surface area contributed by atoms with Crippen molar-refractivity contribution >= 4 is 17.2 Å².